The van der Waals surface area contributed by atoms with Crippen LogP contribution in [0.15, 0.2) is 18.3 Å². The summed E-state index contributed by atoms with van der Waals surface area (Å²) in [6.07, 6.45) is 5.99. The number of nitrogens with one attached hydrogen (secondary N) is 1. The van der Waals surface area contributed by atoms with Crippen LogP contribution in [0.4, 0.5) is 0 Å². The average molecular weight is 276 g/mol. The normalized spacial score (nSPS) is 15.7. The van der Waals surface area contributed by atoms with Gasteiger partial charge in [0.2, 0.25) is 0 Å². The van der Waals surface area contributed by atoms with Crippen LogP contribution in [0.3, 0.4) is 0 Å². The van der Waals surface area contributed by atoms with Gasteiger partial charge >= 0.3 is 5.97 Å². The van der Waals surface area contributed by atoms with Crippen molar-refractivity contribution in [3.05, 3.63) is 29.6 Å². The number of aliphatic carboxylic acids is 1. The summed E-state index contributed by atoms with van der Waals surface area (Å²) in [5.74, 6) is -0.848. The molecule has 0 unspecified atom stereocenters. The van der Waals surface area contributed by atoms with Gasteiger partial charge in [-0.15, -0.1) is 0 Å². The van der Waals surface area contributed by atoms with Gasteiger partial charge in [-0.1, -0.05) is 19.8 Å². The average Bonchev–Trinajstić information content (AvgIpc) is 3.27. The van der Waals surface area contributed by atoms with Crippen LogP contribution in [0.5, 0.6) is 0 Å². The first-order valence-corrected chi connectivity index (χ1v) is 7.11. The van der Waals surface area contributed by atoms with Crippen LogP contribution in [-0.2, 0) is 4.79 Å². The SMILES string of the molecule is CCCC[C@H](NC(=O)c1ccnc(C2CC2)c1)C(=O)O. The quantitative estimate of drug-likeness (QED) is 0.801. The number of pyridine rings is 1. The molecule has 5 nitrogen and oxygen atoms in total. The Hall–Kier alpha value is -1.91. The first-order valence-electron chi connectivity index (χ1n) is 7.11. The number of carboxylic acid groups (broad SMARTS) is 1. The topological polar surface area (TPSA) is 79.3 Å². The van der Waals surface area contributed by atoms with Gasteiger partial charge < -0.3 is 10.4 Å². The third-order valence-corrected chi connectivity index (χ3v) is 3.49. The molecular formula is C15H20N2O3. The zero-order chi connectivity index (χ0) is 14.5. The summed E-state index contributed by atoms with van der Waals surface area (Å²) in [5.41, 5.74) is 1.42. The number of nitrogens with zero attached hydrogens (tertiary/aromatic N) is 1. The molecule has 20 heavy (non-hydrogen) atoms. The lowest BCUT2D eigenvalue weighted by Gasteiger charge is -2.14. The first-order chi connectivity index (χ1) is 9.61. The van der Waals surface area contributed by atoms with Gasteiger partial charge in [0, 0.05) is 23.4 Å². The molecule has 0 radical (unpaired) electrons. The van der Waals surface area contributed by atoms with E-state index < -0.39 is 12.0 Å². The molecule has 5 heteroatoms. The van der Waals surface area contributed by atoms with Crippen LogP contribution in [0.25, 0.3) is 0 Å². The van der Waals surface area contributed by atoms with Crippen LogP contribution in [0.2, 0.25) is 0 Å². The van der Waals surface area contributed by atoms with Gasteiger partial charge in [-0.2, -0.15) is 0 Å². The van der Waals surface area contributed by atoms with Crippen molar-refractivity contribution in [1.82, 2.24) is 10.3 Å². The maximum Gasteiger partial charge on any atom is 0.326 e. The Balaban J connectivity index is 2.02. The fourth-order valence-electron chi connectivity index (χ4n) is 2.10. The third kappa shape index (κ3) is 3.79. The lowest BCUT2D eigenvalue weighted by atomic mass is 10.1. The molecule has 2 N–H and O–H groups in total. The predicted octanol–water partition coefficient (Wildman–Crippen LogP) is 2.33. The van der Waals surface area contributed by atoms with E-state index in [1.807, 2.05) is 6.92 Å². The van der Waals surface area contributed by atoms with E-state index in [9.17, 15) is 9.59 Å². The van der Waals surface area contributed by atoms with Gasteiger partial charge in [-0.05, 0) is 31.4 Å². The summed E-state index contributed by atoms with van der Waals surface area (Å²) < 4.78 is 0. The molecule has 0 aromatic carbocycles. The van der Waals surface area contributed by atoms with Gasteiger partial charge in [0.25, 0.3) is 5.91 Å². The minimum atomic E-state index is -0.983. The van der Waals surface area contributed by atoms with E-state index in [2.05, 4.69) is 10.3 Å². The van der Waals surface area contributed by atoms with Crippen molar-refractivity contribution in [2.24, 2.45) is 0 Å². The number of carboxylic acids is 1. The smallest absolute Gasteiger partial charge is 0.326 e. The van der Waals surface area contributed by atoms with E-state index in [1.54, 1.807) is 18.3 Å². The molecule has 1 amide bonds. The largest absolute Gasteiger partial charge is 0.480 e. The molecule has 1 fully saturated rings. The van der Waals surface area contributed by atoms with Crippen molar-refractivity contribution in [3.8, 4) is 0 Å². The highest BCUT2D eigenvalue weighted by Gasteiger charge is 2.26. The van der Waals surface area contributed by atoms with Gasteiger partial charge in [0.05, 0.1) is 0 Å². The standard InChI is InChI=1S/C15H20N2O3/c1-2-3-4-12(15(19)20)17-14(18)11-7-8-16-13(9-11)10-5-6-10/h7-10,12H,2-6H2,1H3,(H,17,18)(H,19,20)/t12-/m0/s1. The number of unbranched alkanes of at least 4 members (excludes halogenated alkanes) is 1. The molecular weight excluding hydrogens is 256 g/mol. The van der Waals surface area contributed by atoms with Crippen LogP contribution < -0.4 is 5.32 Å². The highest BCUT2D eigenvalue weighted by Crippen LogP contribution is 2.38. The number of aromatic nitrogens is 1. The van der Waals surface area contributed by atoms with Crippen LogP contribution in [-0.4, -0.2) is 28.0 Å². The van der Waals surface area contributed by atoms with E-state index in [4.69, 9.17) is 5.11 Å². The predicted molar refractivity (Wildman–Crippen MR) is 74.6 cm³/mol. The third-order valence-electron chi connectivity index (χ3n) is 3.49. The van der Waals surface area contributed by atoms with Crippen LogP contribution >= 0.6 is 0 Å². The Morgan fingerprint density at radius 3 is 2.85 bits per heavy atom. The molecule has 1 aromatic heterocycles. The van der Waals surface area contributed by atoms with Crippen LogP contribution in [0, 0.1) is 0 Å². The number of amides is 1. The molecule has 1 aliphatic rings. The van der Waals surface area contributed by atoms with Crippen LogP contribution in [0.1, 0.15) is 61.0 Å². The monoisotopic (exact) mass is 276 g/mol. The van der Waals surface area contributed by atoms with Crippen molar-refractivity contribution in [2.45, 2.75) is 51.0 Å². The van der Waals surface area contributed by atoms with E-state index in [1.165, 1.54) is 0 Å². The summed E-state index contributed by atoms with van der Waals surface area (Å²) in [4.78, 5) is 27.5. The van der Waals surface area contributed by atoms with E-state index in [0.29, 0.717) is 17.9 Å². The molecule has 0 aliphatic heterocycles. The van der Waals surface area contributed by atoms with Crippen molar-refractivity contribution in [1.29, 1.82) is 0 Å². The Bertz CT molecular complexity index is 498. The Labute approximate surface area is 118 Å². The fraction of sp³-hybridized carbons (Fsp3) is 0.533. The molecule has 1 atom stereocenters. The molecule has 1 saturated carbocycles. The van der Waals surface area contributed by atoms with Gasteiger partial charge in [0.1, 0.15) is 6.04 Å². The zero-order valence-electron chi connectivity index (χ0n) is 11.6. The van der Waals surface area contributed by atoms with Crippen molar-refractivity contribution < 1.29 is 14.7 Å². The lowest BCUT2D eigenvalue weighted by Crippen LogP contribution is -2.40. The summed E-state index contributed by atoms with van der Waals surface area (Å²) >= 11 is 0. The number of rotatable bonds is 7. The second-order valence-corrected chi connectivity index (χ2v) is 5.25. The van der Waals surface area contributed by atoms with Crippen molar-refractivity contribution >= 4 is 11.9 Å². The molecule has 108 valence electrons. The fourth-order valence-corrected chi connectivity index (χ4v) is 2.10. The van der Waals surface area contributed by atoms with Gasteiger partial charge in [-0.3, -0.25) is 9.78 Å². The molecule has 2 rings (SSSR count). The van der Waals surface area contributed by atoms with Crippen molar-refractivity contribution in [2.75, 3.05) is 0 Å². The van der Waals surface area contributed by atoms with E-state index in [-0.39, 0.29) is 5.91 Å². The maximum atomic E-state index is 12.1. The summed E-state index contributed by atoms with van der Waals surface area (Å²) in [6, 6.07) is 2.58. The molecule has 1 aliphatic carbocycles. The second kappa shape index (κ2) is 6.50. The van der Waals surface area contributed by atoms with E-state index in [0.717, 1.165) is 31.4 Å². The molecule has 0 spiro atoms. The van der Waals surface area contributed by atoms with E-state index >= 15 is 0 Å². The van der Waals surface area contributed by atoms with Gasteiger partial charge in [0.15, 0.2) is 0 Å². The Kier molecular flexibility index (Phi) is 4.71. The summed E-state index contributed by atoms with van der Waals surface area (Å²) in [5, 5.41) is 11.7. The molecule has 0 saturated heterocycles. The zero-order valence-corrected chi connectivity index (χ0v) is 11.6. The maximum absolute atomic E-state index is 12.1. The highest BCUT2D eigenvalue weighted by atomic mass is 16.4. The first kappa shape index (κ1) is 14.5. The highest BCUT2D eigenvalue weighted by molar-refractivity contribution is 5.96. The van der Waals surface area contributed by atoms with Gasteiger partial charge in [-0.25, -0.2) is 4.79 Å². The van der Waals surface area contributed by atoms with Crippen molar-refractivity contribution in [3.63, 3.8) is 0 Å². The molecule has 1 heterocycles. The number of carbonyl (C=O) groups is 2. The number of carbonyl (C=O) groups excluding carboxylic acids is 1. The minimum Gasteiger partial charge on any atom is -0.480 e. The number of hydrogen-bond donors (Lipinski definition) is 2. The molecule has 1 aromatic rings. The summed E-state index contributed by atoms with van der Waals surface area (Å²) in [6.45, 7) is 1.99. The minimum absolute atomic E-state index is 0.335. The lowest BCUT2D eigenvalue weighted by molar-refractivity contribution is -0.139. The molecule has 0 bridgehead atoms. The number of hydrogen-bond acceptors (Lipinski definition) is 3. The Morgan fingerprint density at radius 2 is 2.25 bits per heavy atom. The Morgan fingerprint density at radius 1 is 1.50 bits per heavy atom. The summed E-state index contributed by atoms with van der Waals surface area (Å²) in [7, 11) is 0. The second-order valence-electron chi connectivity index (χ2n) is 5.25.